The Balaban J connectivity index is 1.08. The summed E-state index contributed by atoms with van der Waals surface area (Å²) in [6.45, 7) is 14.3. The highest BCUT2D eigenvalue weighted by atomic mass is 32.1. The summed E-state index contributed by atoms with van der Waals surface area (Å²) < 4.78 is 19.4. The molecule has 0 saturated carbocycles. The van der Waals surface area contributed by atoms with Crippen molar-refractivity contribution in [1.82, 2.24) is 24.6 Å². The fourth-order valence-corrected chi connectivity index (χ4v) is 7.42. The van der Waals surface area contributed by atoms with Gasteiger partial charge < -0.3 is 18.8 Å². The summed E-state index contributed by atoms with van der Waals surface area (Å²) in [5, 5.41) is 10.1. The van der Waals surface area contributed by atoms with Crippen molar-refractivity contribution in [3.8, 4) is 10.8 Å². The average Bonchev–Trinajstić information content (AvgIpc) is 3.72. The van der Waals surface area contributed by atoms with Gasteiger partial charge in [0.15, 0.2) is 11.7 Å². The fraction of sp³-hybridized carbons (Fsp3) is 0.514. The highest BCUT2D eigenvalue weighted by Gasteiger charge is 2.32. The van der Waals surface area contributed by atoms with Gasteiger partial charge in [-0.1, -0.05) is 6.42 Å². The molecule has 4 aromatic rings. The van der Waals surface area contributed by atoms with E-state index in [9.17, 15) is 4.79 Å². The number of aliphatic imine (C=N–C) groups is 1. The Morgan fingerprint density at radius 1 is 1.07 bits per heavy atom. The number of oxazole rings is 1. The SMILES string of the molecule is Cc1sc2c(c1C)C(c1ccc(OCCCCC3CCN(C(=O)OC(C)(C)C)CC3)cc1)=N[C@@H](Cc1ncco1)c1nnc(C)n1-2. The van der Waals surface area contributed by atoms with E-state index in [1.54, 1.807) is 23.8 Å². The zero-order valence-corrected chi connectivity index (χ0v) is 28.5. The van der Waals surface area contributed by atoms with Crippen molar-refractivity contribution < 1.29 is 18.7 Å². The Morgan fingerprint density at radius 3 is 2.52 bits per heavy atom. The van der Waals surface area contributed by atoms with Gasteiger partial charge in [0.25, 0.3) is 0 Å². The van der Waals surface area contributed by atoms with Crippen LogP contribution in [-0.2, 0) is 11.2 Å². The summed E-state index contributed by atoms with van der Waals surface area (Å²) in [6.07, 6.45) is 8.89. The van der Waals surface area contributed by atoms with Gasteiger partial charge in [0.05, 0.1) is 24.9 Å². The Kier molecular flexibility index (Phi) is 9.31. The number of hydrogen-bond donors (Lipinski definition) is 0. The number of fused-ring (bicyclic) bond motifs is 3. The van der Waals surface area contributed by atoms with Crippen molar-refractivity contribution in [2.75, 3.05) is 19.7 Å². The summed E-state index contributed by atoms with van der Waals surface area (Å²) in [4.78, 5) is 25.1. The van der Waals surface area contributed by atoms with Crippen LogP contribution in [0.2, 0.25) is 0 Å². The van der Waals surface area contributed by atoms with Gasteiger partial charge in [-0.15, -0.1) is 21.5 Å². The Morgan fingerprint density at radius 2 is 1.83 bits per heavy atom. The monoisotopic (exact) mass is 644 g/mol. The molecule has 46 heavy (non-hydrogen) atoms. The minimum absolute atomic E-state index is 0.192. The molecule has 2 aliphatic rings. The molecule has 1 atom stereocenters. The van der Waals surface area contributed by atoms with Gasteiger partial charge in [0, 0.05) is 29.1 Å². The van der Waals surface area contributed by atoms with Crippen molar-refractivity contribution in [2.45, 2.75) is 91.7 Å². The van der Waals surface area contributed by atoms with Crippen molar-refractivity contribution >= 4 is 23.1 Å². The number of thiophene rings is 1. The number of aromatic nitrogens is 4. The second kappa shape index (κ2) is 13.4. The molecule has 0 radical (unpaired) electrons. The largest absolute Gasteiger partial charge is 0.494 e. The number of benzene rings is 1. The standard InChI is InChI=1S/C35H44N6O4S/c1-22-23(2)46-33-30(22)31(37-28(21-29-36-16-20-44-29)32-39-38-24(3)41(32)33)26-10-12-27(13-11-26)43-19-8-7-9-25-14-17-40(18-15-25)34(42)45-35(4,5)6/h10-13,16,20,25,28H,7-9,14-15,17-19,21H2,1-6H3/t28-/m0/s1. The predicted molar refractivity (Wildman–Crippen MR) is 178 cm³/mol. The maximum atomic E-state index is 12.3. The molecular formula is C35H44N6O4S. The highest BCUT2D eigenvalue weighted by Crippen LogP contribution is 2.39. The molecule has 11 heteroatoms. The van der Waals surface area contributed by atoms with Crippen molar-refractivity contribution in [2.24, 2.45) is 10.9 Å². The number of piperidine rings is 1. The third-order valence-electron chi connectivity index (χ3n) is 8.76. The number of likely N-dealkylation sites (tertiary alicyclic amines) is 1. The van der Waals surface area contributed by atoms with E-state index >= 15 is 0 Å². The molecule has 2 aliphatic heterocycles. The summed E-state index contributed by atoms with van der Waals surface area (Å²) in [7, 11) is 0. The van der Waals surface area contributed by atoms with Crippen LogP contribution in [-0.4, -0.2) is 61.8 Å². The minimum Gasteiger partial charge on any atom is -0.494 e. The van der Waals surface area contributed by atoms with Crippen LogP contribution in [0.5, 0.6) is 5.75 Å². The lowest BCUT2D eigenvalue weighted by Crippen LogP contribution is -2.41. The third-order valence-corrected chi connectivity index (χ3v) is 9.95. The first-order valence-corrected chi connectivity index (χ1v) is 17.1. The first-order valence-electron chi connectivity index (χ1n) is 16.3. The zero-order valence-electron chi connectivity index (χ0n) is 27.7. The van der Waals surface area contributed by atoms with E-state index in [2.05, 4.69) is 45.7 Å². The zero-order chi connectivity index (χ0) is 32.4. The molecule has 1 fully saturated rings. The molecule has 244 valence electrons. The Hall–Kier alpha value is -3.99. The molecule has 0 N–H and O–H groups in total. The maximum absolute atomic E-state index is 12.3. The van der Waals surface area contributed by atoms with E-state index in [1.165, 1.54) is 10.4 Å². The van der Waals surface area contributed by atoms with Gasteiger partial charge in [0.2, 0.25) is 0 Å². The number of carbonyl (C=O) groups excluding carboxylic acids is 1. The van der Waals surface area contributed by atoms with E-state index in [0.29, 0.717) is 24.8 Å². The van der Waals surface area contributed by atoms with Crippen LogP contribution >= 0.6 is 11.3 Å². The van der Waals surface area contributed by atoms with Crippen LogP contribution < -0.4 is 4.74 Å². The maximum Gasteiger partial charge on any atom is 0.410 e. The third kappa shape index (κ3) is 7.04. The first-order chi connectivity index (χ1) is 22.1. The van der Waals surface area contributed by atoms with Gasteiger partial charge in [-0.2, -0.15) is 0 Å². The summed E-state index contributed by atoms with van der Waals surface area (Å²) in [5.74, 6) is 3.75. The number of carbonyl (C=O) groups is 1. The number of unbranched alkanes of at least 4 members (excludes halogenated alkanes) is 1. The number of rotatable bonds is 9. The van der Waals surface area contributed by atoms with Crippen LogP contribution in [0.3, 0.4) is 0 Å². The van der Waals surface area contributed by atoms with Gasteiger partial charge in [-0.3, -0.25) is 9.56 Å². The lowest BCUT2D eigenvalue weighted by Gasteiger charge is -2.33. The average molecular weight is 645 g/mol. The summed E-state index contributed by atoms with van der Waals surface area (Å²) in [5.41, 5.74) is 3.84. The van der Waals surface area contributed by atoms with Crippen molar-refractivity contribution in [1.29, 1.82) is 0 Å². The molecule has 6 rings (SSSR count). The van der Waals surface area contributed by atoms with Crippen molar-refractivity contribution in [3.05, 3.63) is 75.8 Å². The molecule has 1 aromatic carbocycles. The van der Waals surface area contributed by atoms with E-state index in [1.807, 2.05) is 44.7 Å². The van der Waals surface area contributed by atoms with Crippen LogP contribution in [0.1, 0.15) is 98.0 Å². The Labute approximate surface area is 274 Å². The van der Waals surface area contributed by atoms with Gasteiger partial charge in [-0.05, 0) is 103 Å². The van der Waals surface area contributed by atoms with Gasteiger partial charge in [0.1, 0.15) is 34.5 Å². The summed E-state index contributed by atoms with van der Waals surface area (Å²) >= 11 is 1.75. The van der Waals surface area contributed by atoms with E-state index in [-0.39, 0.29) is 12.1 Å². The quantitative estimate of drug-likeness (QED) is 0.173. The normalized spacial score (nSPS) is 16.9. The number of hydrogen-bond acceptors (Lipinski definition) is 9. The molecule has 3 aromatic heterocycles. The number of aryl methyl sites for hydroxylation is 2. The predicted octanol–water partition coefficient (Wildman–Crippen LogP) is 7.57. The highest BCUT2D eigenvalue weighted by molar-refractivity contribution is 7.15. The second-order valence-electron chi connectivity index (χ2n) is 13.3. The molecule has 0 spiro atoms. The summed E-state index contributed by atoms with van der Waals surface area (Å²) in [6, 6.07) is 7.99. The molecule has 5 heterocycles. The van der Waals surface area contributed by atoms with Crippen LogP contribution in [0, 0.1) is 26.7 Å². The van der Waals surface area contributed by atoms with Gasteiger partial charge >= 0.3 is 6.09 Å². The Bertz CT molecular complexity index is 1670. The lowest BCUT2D eigenvalue weighted by molar-refractivity contribution is 0.0180. The lowest BCUT2D eigenvalue weighted by atomic mass is 9.92. The van der Waals surface area contributed by atoms with E-state index in [0.717, 1.165) is 84.4 Å². The smallest absolute Gasteiger partial charge is 0.410 e. The molecular weight excluding hydrogens is 600 g/mol. The molecule has 1 amide bonds. The molecule has 0 aliphatic carbocycles. The molecule has 1 saturated heterocycles. The minimum atomic E-state index is -0.451. The van der Waals surface area contributed by atoms with Gasteiger partial charge in [-0.25, -0.2) is 9.78 Å². The molecule has 0 unspecified atom stereocenters. The van der Waals surface area contributed by atoms with Crippen molar-refractivity contribution in [3.63, 3.8) is 0 Å². The van der Waals surface area contributed by atoms with E-state index < -0.39 is 5.60 Å². The fourth-order valence-electron chi connectivity index (χ4n) is 6.21. The molecule has 0 bridgehead atoms. The second-order valence-corrected chi connectivity index (χ2v) is 14.5. The van der Waals surface area contributed by atoms with E-state index in [4.69, 9.17) is 18.9 Å². The van der Waals surface area contributed by atoms with Crippen LogP contribution in [0.15, 0.2) is 46.1 Å². The number of ether oxygens (including phenoxy) is 2. The van der Waals surface area contributed by atoms with Crippen LogP contribution in [0.25, 0.3) is 5.00 Å². The topological polar surface area (TPSA) is 108 Å². The number of nitrogens with zero attached hydrogens (tertiary/aromatic N) is 6. The number of amides is 1. The van der Waals surface area contributed by atoms with Crippen LogP contribution in [0.4, 0.5) is 4.79 Å². The first kappa shape index (κ1) is 32.0. The molecule has 10 nitrogen and oxygen atoms in total.